The molecular formula is C15H15BrClNO2. The topological polar surface area (TPSA) is 41.5 Å². The number of benzene rings is 2. The molecule has 0 saturated heterocycles. The third-order valence-corrected chi connectivity index (χ3v) is 4.24. The minimum atomic E-state index is 0.0572. The van der Waals surface area contributed by atoms with Gasteiger partial charge >= 0.3 is 0 Å². The monoisotopic (exact) mass is 355 g/mol. The van der Waals surface area contributed by atoms with Crippen LogP contribution in [-0.4, -0.2) is 12.2 Å². The number of phenols is 1. The third-order valence-electron chi connectivity index (χ3n) is 3.01. The van der Waals surface area contributed by atoms with E-state index in [1.165, 1.54) is 7.11 Å². The lowest BCUT2D eigenvalue weighted by molar-refractivity contribution is 0.373. The Morgan fingerprint density at radius 3 is 2.65 bits per heavy atom. The Bertz CT molecular complexity index is 619. The van der Waals surface area contributed by atoms with Gasteiger partial charge in [-0.2, -0.15) is 0 Å². The lowest BCUT2D eigenvalue weighted by Crippen LogP contribution is -2.06. The van der Waals surface area contributed by atoms with Crippen molar-refractivity contribution in [3.8, 4) is 11.5 Å². The molecule has 2 N–H and O–H groups in total. The van der Waals surface area contributed by atoms with E-state index in [-0.39, 0.29) is 11.8 Å². The van der Waals surface area contributed by atoms with E-state index in [4.69, 9.17) is 16.3 Å². The summed E-state index contributed by atoms with van der Waals surface area (Å²) in [5, 5.41) is 13.6. The van der Waals surface area contributed by atoms with Crippen molar-refractivity contribution < 1.29 is 9.84 Å². The number of nitrogens with one attached hydrogen (secondary N) is 1. The Balaban J connectivity index is 2.19. The van der Waals surface area contributed by atoms with Crippen LogP contribution in [0.15, 0.2) is 40.9 Å². The van der Waals surface area contributed by atoms with Crippen molar-refractivity contribution in [1.82, 2.24) is 0 Å². The van der Waals surface area contributed by atoms with E-state index in [9.17, 15) is 5.11 Å². The molecule has 0 aromatic heterocycles. The summed E-state index contributed by atoms with van der Waals surface area (Å²) >= 11 is 9.44. The van der Waals surface area contributed by atoms with Gasteiger partial charge in [0.25, 0.3) is 0 Å². The number of phenolic OH excluding ortho intramolecular Hbond substituents is 1. The van der Waals surface area contributed by atoms with Gasteiger partial charge in [0.1, 0.15) is 0 Å². The molecule has 0 heterocycles. The number of ether oxygens (including phenoxy) is 1. The zero-order chi connectivity index (χ0) is 14.7. The fourth-order valence-electron chi connectivity index (χ4n) is 1.88. The maximum Gasteiger partial charge on any atom is 0.160 e. The molecule has 0 aliphatic rings. The van der Waals surface area contributed by atoms with E-state index in [0.29, 0.717) is 10.8 Å². The van der Waals surface area contributed by atoms with Crippen LogP contribution in [0.5, 0.6) is 11.5 Å². The SMILES string of the molecule is COc1cc(C(C)Nc2ccc(Br)c(Cl)c2)ccc1O. The predicted octanol–water partition coefficient (Wildman–Crippen LogP) is 4.99. The lowest BCUT2D eigenvalue weighted by Gasteiger charge is -2.17. The third kappa shape index (κ3) is 3.38. The molecule has 0 radical (unpaired) electrons. The zero-order valence-corrected chi connectivity index (χ0v) is 13.5. The van der Waals surface area contributed by atoms with E-state index in [0.717, 1.165) is 15.7 Å². The molecule has 0 spiro atoms. The summed E-state index contributed by atoms with van der Waals surface area (Å²) in [6.07, 6.45) is 0. The average molecular weight is 357 g/mol. The first-order chi connectivity index (χ1) is 9.51. The largest absolute Gasteiger partial charge is 0.504 e. The molecular weight excluding hydrogens is 342 g/mol. The first-order valence-corrected chi connectivity index (χ1v) is 7.27. The maximum atomic E-state index is 9.61. The molecule has 2 rings (SSSR count). The highest BCUT2D eigenvalue weighted by atomic mass is 79.9. The quantitative estimate of drug-likeness (QED) is 0.811. The second-order valence-electron chi connectivity index (χ2n) is 4.43. The second kappa shape index (κ2) is 6.37. The smallest absolute Gasteiger partial charge is 0.160 e. The fraction of sp³-hybridized carbons (Fsp3) is 0.200. The zero-order valence-electron chi connectivity index (χ0n) is 11.2. The summed E-state index contributed by atoms with van der Waals surface area (Å²) in [5.74, 6) is 0.597. The molecule has 0 aliphatic carbocycles. The molecule has 5 heteroatoms. The van der Waals surface area contributed by atoms with Gasteiger partial charge in [0.05, 0.1) is 12.1 Å². The minimum Gasteiger partial charge on any atom is -0.504 e. The Hall–Kier alpha value is -1.39. The highest BCUT2D eigenvalue weighted by Gasteiger charge is 2.10. The standard InChI is InChI=1S/C15H15BrClNO2/c1-9(10-3-6-14(19)15(7-10)20-2)18-11-4-5-12(16)13(17)8-11/h3-9,18-19H,1-2H3. The van der Waals surface area contributed by atoms with Crippen molar-refractivity contribution in [2.75, 3.05) is 12.4 Å². The van der Waals surface area contributed by atoms with Gasteiger partial charge < -0.3 is 15.2 Å². The van der Waals surface area contributed by atoms with E-state index < -0.39 is 0 Å². The van der Waals surface area contributed by atoms with Gasteiger partial charge in [-0.15, -0.1) is 0 Å². The number of halogens is 2. The fourth-order valence-corrected chi connectivity index (χ4v) is 2.31. The molecule has 2 aromatic rings. The molecule has 0 bridgehead atoms. The molecule has 3 nitrogen and oxygen atoms in total. The van der Waals surface area contributed by atoms with Gasteiger partial charge in [-0.1, -0.05) is 17.7 Å². The van der Waals surface area contributed by atoms with Crippen molar-refractivity contribution >= 4 is 33.2 Å². The van der Waals surface area contributed by atoms with Gasteiger partial charge in [-0.3, -0.25) is 0 Å². The number of hydrogen-bond acceptors (Lipinski definition) is 3. The number of aromatic hydroxyl groups is 1. The van der Waals surface area contributed by atoms with Crippen molar-refractivity contribution in [1.29, 1.82) is 0 Å². The predicted molar refractivity (Wildman–Crippen MR) is 85.8 cm³/mol. The van der Waals surface area contributed by atoms with Crippen molar-refractivity contribution in [3.05, 3.63) is 51.5 Å². The van der Waals surface area contributed by atoms with E-state index in [2.05, 4.69) is 21.2 Å². The van der Waals surface area contributed by atoms with Crippen LogP contribution in [0, 0.1) is 0 Å². The summed E-state index contributed by atoms with van der Waals surface area (Å²) in [6, 6.07) is 11.1. The van der Waals surface area contributed by atoms with Gasteiger partial charge in [0.2, 0.25) is 0 Å². The van der Waals surface area contributed by atoms with Crippen LogP contribution in [-0.2, 0) is 0 Å². The molecule has 0 fully saturated rings. The van der Waals surface area contributed by atoms with Crippen LogP contribution < -0.4 is 10.1 Å². The Morgan fingerprint density at radius 2 is 2.00 bits per heavy atom. The average Bonchev–Trinajstić information content (AvgIpc) is 2.43. The summed E-state index contributed by atoms with van der Waals surface area (Å²) in [7, 11) is 1.53. The summed E-state index contributed by atoms with van der Waals surface area (Å²) in [6.45, 7) is 2.03. The Labute approximate surface area is 131 Å². The van der Waals surface area contributed by atoms with Crippen LogP contribution >= 0.6 is 27.5 Å². The first kappa shape index (κ1) is 15.0. The molecule has 0 amide bonds. The highest BCUT2D eigenvalue weighted by molar-refractivity contribution is 9.10. The van der Waals surface area contributed by atoms with Crippen molar-refractivity contribution in [2.45, 2.75) is 13.0 Å². The van der Waals surface area contributed by atoms with Gasteiger partial charge in [0.15, 0.2) is 11.5 Å². The molecule has 0 aliphatic heterocycles. The summed E-state index contributed by atoms with van der Waals surface area (Å²) in [5.41, 5.74) is 1.94. The summed E-state index contributed by atoms with van der Waals surface area (Å²) < 4.78 is 5.98. The first-order valence-electron chi connectivity index (χ1n) is 6.09. The molecule has 20 heavy (non-hydrogen) atoms. The van der Waals surface area contributed by atoms with Gasteiger partial charge in [-0.05, 0) is 58.7 Å². The number of methoxy groups -OCH3 is 1. The molecule has 1 atom stereocenters. The molecule has 0 saturated carbocycles. The maximum absolute atomic E-state index is 9.61. The molecule has 2 aromatic carbocycles. The lowest BCUT2D eigenvalue weighted by atomic mass is 10.1. The second-order valence-corrected chi connectivity index (χ2v) is 5.69. The number of rotatable bonds is 4. The van der Waals surface area contributed by atoms with Gasteiger partial charge in [0, 0.05) is 16.2 Å². The highest BCUT2D eigenvalue weighted by Crippen LogP contribution is 2.31. The van der Waals surface area contributed by atoms with Gasteiger partial charge in [-0.25, -0.2) is 0 Å². The number of hydrogen-bond donors (Lipinski definition) is 2. The van der Waals surface area contributed by atoms with Crippen LogP contribution in [0.3, 0.4) is 0 Å². The van der Waals surface area contributed by atoms with Crippen LogP contribution in [0.4, 0.5) is 5.69 Å². The van der Waals surface area contributed by atoms with E-state index in [1.54, 1.807) is 6.07 Å². The van der Waals surface area contributed by atoms with E-state index in [1.807, 2.05) is 37.3 Å². The van der Waals surface area contributed by atoms with Crippen molar-refractivity contribution in [3.63, 3.8) is 0 Å². The molecule has 106 valence electrons. The normalized spacial score (nSPS) is 12.0. The van der Waals surface area contributed by atoms with Crippen LogP contribution in [0.1, 0.15) is 18.5 Å². The molecule has 1 unspecified atom stereocenters. The minimum absolute atomic E-state index is 0.0572. The van der Waals surface area contributed by atoms with Crippen molar-refractivity contribution in [2.24, 2.45) is 0 Å². The van der Waals surface area contributed by atoms with E-state index >= 15 is 0 Å². The van der Waals surface area contributed by atoms with Crippen LogP contribution in [0.25, 0.3) is 0 Å². The number of anilines is 1. The Kier molecular flexibility index (Phi) is 4.78. The van der Waals surface area contributed by atoms with Crippen LogP contribution in [0.2, 0.25) is 5.02 Å². The summed E-state index contributed by atoms with van der Waals surface area (Å²) in [4.78, 5) is 0. The Morgan fingerprint density at radius 1 is 1.25 bits per heavy atom.